The van der Waals surface area contributed by atoms with Crippen LogP contribution in [0.15, 0.2) is 36.4 Å². The Balaban J connectivity index is 2.12. The highest BCUT2D eigenvalue weighted by Crippen LogP contribution is 2.23. The molecule has 0 saturated carbocycles. The second-order valence-electron chi connectivity index (χ2n) is 12.1. The van der Waals surface area contributed by atoms with Crippen LogP contribution in [0.5, 0.6) is 5.75 Å². The van der Waals surface area contributed by atoms with Crippen LogP contribution in [0.25, 0.3) is 0 Å². The van der Waals surface area contributed by atoms with Crippen molar-refractivity contribution in [2.24, 2.45) is 5.92 Å². The average Bonchev–Trinajstić information content (AvgIpc) is 3.01. The van der Waals surface area contributed by atoms with Crippen LogP contribution in [-0.2, 0) is 20.9 Å². The summed E-state index contributed by atoms with van der Waals surface area (Å²) in [5, 5.41) is 0. The van der Waals surface area contributed by atoms with E-state index in [-0.39, 0.29) is 5.97 Å². The molecular formula is C38H66O4. The van der Waals surface area contributed by atoms with Crippen molar-refractivity contribution in [2.75, 3.05) is 20.3 Å². The predicted molar refractivity (Wildman–Crippen MR) is 179 cm³/mol. The van der Waals surface area contributed by atoms with E-state index in [1.165, 1.54) is 121 Å². The van der Waals surface area contributed by atoms with Crippen molar-refractivity contribution in [2.45, 2.75) is 162 Å². The first kappa shape index (κ1) is 38.2. The molecule has 0 spiro atoms. The van der Waals surface area contributed by atoms with Gasteiger partial charge in [-0.05, 0) is 42.9 Å². The van der Waals surface area contributed by atoms with Gasteiger partial charge in [-0.3, -0.25) is 4.79 Å². The molecule has 0 heterocycles. The predicted octanol–water partition coefficient (Wildman–Crippen LogP) is 11.5. The molecule has 0 aromatic heterocycles. The van der Waals surface area contributed by atoms with E-state index in [9.17, 15) is 4.79 Å². The zero-order valence-corrected chi connectivity index (χ0v) is 27.9. The monoisotopic (exact) mass is 586 g/mol. The van der Waals surface area contributed by atoms with E-state index in [4.69, 9.17) is 14.2 Å². The van der Waals surface area contributed by atoms with Crippen LogP contribution in [0.2, 0.25) is 0 Å². The van der Waals surface area contributed by atoms with Crippen LogP contribution in [0.1, 0.15) is 161 Å². The minimum atomic E-state index is -0.0488. The number of ether oxygens (including phenoxy) is 3. The number of allylic oxidation sites excluding steroid dienone is 1. The molecule has 0 bridgehead atoms. The maximum atomic E-state index is 11.8. The summed E-state index contributed by atoms with van der Waals surface area (Å²) in [6.45, 7) is 6.45. The van der Waals surface area contributed by atoms with E-state index in [1.807, 2.05) is 18.2 Å². The third kappa shape index (κ3) is 23.7. The lowest BCUT2D eigenvalue weighted by atomic mass is 9.91. The van der Waals surface area contributed by atoms with Crippen LogP contribution in [0.3, 0.4) is 0 Å². The summed E-state index contributed by atoms with van der Waals surface area (Å²) in [4.78, 5) is 11.8. The second kappa shape index (κ2) is 29.3. The van der Waals surface area contributed by atoms with Gasteiger partial charge in [0, 0.05) is 13.0 Å². The summed E-state index contributed by atoms with van der Waals surface area (Å²) in [7, 11) is 1.70. The Bertz CT molecular complexity index is 742. The number of hydrogen-bond acceptors (Lipinski definition) is 4. The molecule has 0 radical (unpaired) electrons. The molecule has 0 N–H and O–H groups in total. The van der Waals surface area contributed by atoms with E-state index in [2.05, 4.69) is 32.1 Å². The SMILES string of the molecule is CCCC/C=C\COC(=O)CCCCCCCCCCC(CCCCCCCCC)CCOCc1ccc(OC)cc1. The highest BCUT2D eigenvalue weighted by Gasteiger charge is 2.09. The maximum absolute atomic E-state index is 11.8. The van der Waals surface area contributed by atoms with Gasteiger partial charge in [0.25, 0.3) is 0 Å². The fraction of sp³-hybridized carbons (Fsp3) is 0.763. The van der Waals surface area contributed by atoms with Crippen molar-refractivity contribution in [1.82, 2.24) is 0 Å². The fourth-order valence-electron chi connectivity index (χ4n) is 5.47. The van der Waals surface area contributed by atoms with Gasteiger partial charge in [0.15, 0.2) is 0 Å². The Morgan fingerprint density at radius 3 is 1.86 bits per heavy atom. The van der Waals surface area contributed by atoms with Crippen molar-refractivity contribution in [3.8, 4) is 5.75 Å². The minimum Gasteiger partial charge on any atom is -0.497 e. The molecule has 1 rings (SSSR count). The first-order chi connectivity index (χ1) is 20.7. The van der Waals surface area contributed by atoms with Crippen LogP contribution < -0.4 is 4.74 Å². The second-order valence-corrected chi connectivity index (χ2v) is 12.1. The van der Waals surface area contributed by atoms with Gasteiger partial charge < -0.3 is 14.2 Å². The fourth-order valence-corrected chi connectivity index (χ4v) is 5.47. The summed E-state index contributed by atoms with van der Waals surface area (Å²) >= 11 is 0. The molecule has 1 aromatic rings. The smallest absolute Gasteiger partial charge is 0.306 e. The molecular weight excluding hydrogens is 520 g/mol. The molecule has 1 aromatic carbocycles. The van der Waals surface area contributed by atoms with Crippen molar-refractivity contribution in [3.63, 3.8) is 0 Å². The van der Waals surface area contributed by atoms with Crippen molar-refractivity contribution >= 4 is 5.97 Å². The standard InChI is InChI=1S/C38H66O4/c1-4-6-8-10-13-16-20-24-35(31-33-41-34-36-27-29-37(40-3)30-28-36)25-21-17-14-11-12-15-18-22-26-38(39)42-32-23-19-9-7-5-2/h19,23,27-30,35H,4-18,20-22,24-26,31-34H2,1-3H3/b23-19-. The highest BCUT2D eigenvalue weighted by molar-refractivity contribution is 5.69. The van der Waals surface area contributed by atoms with Crippen molar-refractivity contribution in [3.05, 3.63) is 42.0 Å². The molecule has 242 valence electrons. The number of hydrogen-bond donors (Lipinski definition) is 0. The lowest BCUT2D eigenvalue weighted by Crippen LogP contribution is -2.06. The molecule has 0 amide bonds. The van der Waals surface area contributed by atoms with Crippen molar-refractivity contribution < 1.29 is 19.0 Å². The van der Waals surface area contributed by atoms with Gasteiger partial charge in [0.2, 0.25) is 0 Å². The molecule has 1 atom stereocenters. The summed E-state index contributed by atoms with van der Waals surface area (Å²) in [6.07, 6.45) is 31.7. The zero-order chi connectivity index (χ0) is 30.4. The first-order valence-electron chi connectivity index (χ1n) is 17.7. The van der Waals surface area contributed by atoms with Crippen LogP contribution in [0, 0.1) is 5.92 Å². The molecule has 0 fully saturated rings. The third-order valence-corrected chi connectivity index (χ3v) is 8.29. The van der Waals surface area contributed by atoms with Gasteiger partial charge >= 0.3 is 5.97 Å². The topological polar surface area (TPSA) is 44.8 Å². The normalized spacial score (nSPS) is 12.2. The highest BCUT2D eigenvalue weighted by atomic mass is 16.5. The number of benzene rings is 1. The maximum Gasteiger partial charge on any atom is 0.306 e. The molecule has 0 aliphatic rings. The summed E-state index contributed by atoms with van der Waals surface area (Å²) < 4.78 is 16.6. The number of rotatable bonds is 30. The van der Waals surface area contributed by atoms with Gasteiger partial charge in [-0.1, -0.05) is 154 Å². The molecule has 1 unspecified atom stereocenters. The van der Waals surface area contributed by atoms with E-state index < -0.39 is 0 Å². The van der Waals surface area contributed by atoms with Gasteiger partial charge in [-0.25, -0.2) is 0 Å². The van der Waals surface area contributed by atoms with E-state index in [1.54, 1.807) is 7.11 Å². The first-order valence-corrected chi connectivity index (χ1v) is 17.7. The van der Waals surface area contributed by atoms with Crippen molar-refractivity contribution in [1.29, 1.82) is 0 Å². The number of methoxy groups -OCH3 is 1. The van der Waals surface area contributed by atoms with E-state index in [0.29, 0.717) is 19.6 Å². The van der Waals surface area contributed by atoms with Gasteiger partial charge in [0.1, 0.15) is 12.4 Å². The summed E-state index contributed by atoms with van der Waals surface area (Å²) in [5.74, 6) is 1.64. The van der Waals surface area contributed by atoms with Crippen LogP contribution in [-0.4, -0.2) is 26.3 Å². The Kier molecular flexibility index (Phi) is 26.6. The Morgan fingerprint density at radius 1 is 0.690 bits per heavy atom. The molecule has 4 heteroatoms. The number of carbonyl (C=O) groups excluding carboxylic acids is 1. The molecule has 0 saturated heterocycles. The molecule has 0 aliphatic carbocycles. The number of carbonyl (C=O) groups is 1. The average molecular weight is 587 g/mol. The number of unbranched alkanes of at least 4 members (excludes halogenated alkanes) is 15. The van der Waals surface area contributed by atoms with Crippen LogP contribution in [0.4, 0.5) is 0 Å². The third-order valence-electron chi connectivity index (χ3n) is 8.29. The van der Waals surface area contributed by atoms with Gasteiger partial charge in [-0.2, -0.15) is 0 Å². The quantitative estimate of drug-likeness (QED) is 0.0511. The Morgan fingerprint density at radius 2 is 1.26 bits per heavy atom. The molecule has 4 nitrogen and oxygen atoms in total. The Labute approximate surface area is 260 Å². The Hall–Kier alpha value is -1.81. The summed E-state index contributed by atoms with van der Waals surface area (Å²) in [5.41, 5.74) is 1.21. The lowest BCUT2D eigenvalue weighted by molar-refractivity contribution is -0.142. The minimum absolute atomic E-state index is 0.0488. The van der Waals surface area contributed by atoms with Gasteiger partial charge in [-0.15, -0.1) is 0 Å². The van der Waals surface area contributed by atoms with E-state index in [0.717, 1.165) is 37.5 Å². The number of esters is 1. The molecule has 0 aliphatic heterocycles. The zero-order valence-electron chi connectivity index (χ0n) is 27.9. The largest absolute Gasteiger partial charge is 0.497 e. The summed E-state index contributed by atoms with van der Waals surface area (Å²) in [6, 6.07) is 8.21. The lowest BCUT2D eigenvalue weighted by Gasteiger charge is -2.17. The van der Waals surface area contributed by atoms with E-state index >= 15 is 0 Å². The van der Waals surface area contributed by atoms with Gasteiger partial charge in [0.05, 0.1) is 13.7 Å². The van der Waals surface area contributed by atoms with Crippen LogP contribution >= 0.6 is 0 Å². The molecule has 42 heavy (non-hydrogen) atoms.